The lowest BCUT2D eigenvalue weighted by Gasteiger charge is -2.38. The smallest absolute Gasteiger partial charge is 0.357 e. The average Bonchev–Trinajstić information content (AvgIpc) is 3.69. The van der Waals surface area contributed by atoms with Crippen LogP contribution in [0.4, 0.5) is 24.7 Å². The van der Waals surface area contributed by atoms with E-state index < -0.39 is 35.5 Å². The minimum atomic E-state index is -4.63. The van der Waals surface area contributed by atoms with Gasteiger partial charge in [-0.1, -0.05) is 42.3 Å². The number of epoxide rings is 1. The molecular weight excluding hydrogens is 571 g/mol. The molecule has 3 aromatic carbocycles. The molecule has 0 radical (unpaired) electrons. The molecule has 224 valence electrons. The molecule has 0 spiro atoms. The molecule has 1 aromatic heterocycles. The van der Waals surface area contributed by atoms with Gasteiger partial charge in [-0.25, -0.2) is 4.68 Å². The summed E-state index contributed by atoms with van der Waals surface area (Å²) in [4.78, 5) is 29.3. The van der Waals surface area contributed by atoms with E-state index in [9.17, 15) is 22.8 Å². The van der Waals surface area contributed by atoms with E-state index in [0.717, 1.165) is 17.8 Å². The van der Waals surface area contributed by atoms with Gasteiger partial charge in [0.25, 0.3) is 11.8 Å². The van der Waals surface area contributed by atoms with E-state index in [1.54, 1.807) is 9.58 Å². The number of aryl methyl sites for hydroxylation is 1. The highest BCUT2D eigenvalue weighted by molar-refractivity contribution is 6.05. The van der Waals surface area contributed by atoms with Crippen LogP contribution in [0.2, 0.25) is 0 Å². The molecule has 2 aliphatic heterocycles. The van der Waals surface area contributed by atoms with E-state index in [-0.39, 0.29) is 24.4 Å². The van der Waals surface area contributed by atoms with Gasteiger partial charge >= 0.3 is 6.18 Å². The molecular formula is C33H28F3N5O3. The predicted octanol–water partition coefficient (Wildman–Crippen LogP) is 5.27. The summed E-state index contributed by atoms with van der Waals surface area (Å²) in [6.45, 7) is 3.91. The number of carbonyl (C=O) groups excluding carboxylic acids is 2. The van der Waals surface area contributed by atoms with Gasteiger partial charge in [0.15, 0.2) is 12.3 Å². The fourth-order valence-electron chi connectivity index (χ4n) is 5.69. The maximum atomic E-state index is 14.3. The summed E-state index contributed by atoms with van der Waals surface area (Å²) in [5, 5.41) is 10.8. The Bertz CT molecular complexity index is 1780. The first-order valence-corrected chi connectivity index (χ1v) is 14.0. The molecule has 0 saturated carbocycles. The van der Waals surface area contributed by atoms with Crippen LogP contribution >= 0.6 is 0 Å². The van der Waals surface area contributed by atoms with Crippen LogP contribution in [0.3, 0.4) is 0 Å². The molecule has 1 saturated heterocycles. The highest BCUT2D eigenvalue weighted by Gasteiger charge is 2.46. The number of nitrogens with one attached hydrogen (secondary N) is 2. The van der Waals surface area contributed by atoms with Crippen LogP contribution in [0.1, 0.15) is 45.6 Å². The Labute approximate surface area is 251 Å². The molecule has 44 heavy (non-hydrogen) atoms. The third kappa shape index (κ3) is 5.29. The Balaban J connectivity index is 1.47. The summed E-state index contributed by atoms with van der Waals surface area (Å²) in [5.41, 5.74) is 2.30. The van der Waals surface area contributed by atoms with Crippen molar-refractivity contribution < 1.29 is 27.5 Å². The highest BCUT2D eigenvalue weighted by Crippen LogP contribution is 2.44. The van der Waals surface area contributed by atoms with Crippen LogP contribution in [0, 0.1) is 19.3 Å². The zero-order valence-corrected chi connectivity index (χ0v) is 23.8. The fourth-order valence-corrected chi connectivity index (χ4v) is 5.69. The summed E-state index contributed by atoms with van der Waals surface area (Å²) >= 11 is 0. The van der Waals surface area contributed by atoms with Crippen LogP contribution in [0.5, 0.6) is 0 Å². The van der Waals surface area contributed by atoms with Crippen molar-refractivity contribution in [2.24, 2.45) is 0 Å². The molecule has 0 aliphatic carbocycles. The molecule has 3 heterocycles. The SMILES string of the molecule is C#CC1OC1Nc1cccc([C@H]2c3c(C)nn(-c4ccccc4)c3N(CC)C(=O)[C@@H]2NC(=O)c2cccc(C(F)(F)F)c2)c1. The normalized spacial score (nSPS) is 20.9. The molecule has 0 bridgehead atoms. The molecule has 2 unspecified atom stereocenters. The Morgan fingerprint density at radius 2 is 1.82 bits per heavy atom. The Kier molecular flexibility index (Phi) is 7.39. The quantitative estimate of drug-likeness (QED) is 0.223. The minimum absolute atomic E-state index is 0.210. The van der Waals surface area contributed by atoms with Gasteiger partial charge in [-0.15, -0.1) is 6.42 Å². The van der Waals surface area contributed by atoms with Crippen molar-refractivity contribution in [3.05, 3.63) is 107 Å². The fraction of sp³-hybridized carbons (Fsp3) is 0.242. The largest absolute Gasteiger partial charge is 0.416 e. The van der Waals surface area contributed by atoms with Crippen molar-refractivity contribution in [3.8, 4) is 18.0 Å². The first-order chi connectivity index (χ1) is 21.1. The van der Waals surface area contributed by atoms with Crippen LogP contribution in [0.15, 0.2) is 78.9 Å². The number of anilines is 2. The van der Waals surface area contributed by atoms with Gasteiger partial charge in [-0.05, 0) is 61.9 Å². The average molecular weight is 600 g/mol. The summed E-state index contributed by atoms with van der Waals surface area (Å²) in [7, 11) is 0. The van der Waals surface area contributed by atoms with Crippen LogP contribution in [-0.4, -0.2) is 46.5 Å². The van der Waals surface area contributed by atoms with E-state index in [1.807, 2.05) is 68.4 Å². The van der Waals surface area contributed by atoms with Gasteiger partial charge in [0.05, 0.1) is 16.9 Å². The highest BCUT2D eigenvalue weighted by atomic mass is 19.4. The maximum Gasteiger partial charge on any atom is 0.416 e. The van der Waals surface area contributed by atoms with Crippen molar-refractivity contribution in [1.29, 1.82) is 0 Å². The summed E-state index contributed by atoms with van der Waals surface area (Å²) in [6, 6.07) is 19.7. The summed E-state index contributed by atoms with van der Waals surface area (Å²) < 4.78 is 47.4. The number of hydrogen-bond donors (Lipinski definition) is 2. The number of amides is 2. The topological polar surface area (TPSA) is 91.8 Å². The molecule has 4 atom stereocenters. The first-order valence-electron chi connectivity index (χ1n) is 14.0. The number of rotatable bonds is 7. The molecule has 2 aliphatic rings. The van der Waals surface area contributed by atoms with Crippen molar-refractivity contribution in [1.82, 2.24) is 15.1 Å². The number of likely N-dealkylation sites (N-methyl/N-ethyl adjacent to an activating group) is 1. The Morgan fingerprint density at radius 1 is 1.07 bits per heavy atom. The lowest BCUT2D eigenvalue weighted by atomic mass is 9.81. The van der Waals surface area contributed by atoms with E-state index in [1.165, 1.54) is 12.1 Å². The number of halogens is 3. The van der Waals surface area contributed by atoms with Gasteiger partial charge in [-0.2, -0.15) is 18.3 Å². The van der Waals surface area contributed by atoms with E-state index >= 15 is 0 Å². The number of para-hydroxylation sites is 1. The number of ether oxygens (including phenoxy) is 1. The monoisotopic (exact) mass is 599 g/mol. The van der Waals surface area contributed by atoms with Crippen LogP contribution in [-0.2, 0) is 15.7 Å². The second-order valence-corrected chi connectivity index (χ2v) is 10.6. The number of nitrogens with zero attached hydrogens (tertiary/aromatic N) is 3. The van der Waals surface area contributed by atoms with Crippen molar-refractivity contribution in [3.63, 3.8) is 0 Å². The van der Waals surface area contributed by atoms with E-state index in [4.69, 9.17) is 16.3 Å². The van der Waals surface area contributed by atoms with Gasteiger partial charge in [0.1, 0.15) is 11.9 Å². The zero-order valence-electron chi connectivity index (χ0n) is 23.8. The number of benzene rings is 3. The maximum absolute atomic E-state index is 14.3. The minimum Gasteiger partial charge on any atom is -0.357 e. The zero-order chi connectivity index (χ0) is 31.2. The molecule has 2 amide bonds. The standard InChI is InChI=1S/C33H28F3N5O3/c1-4-25-30(44-25)37-23-14-10-11-20(18-23)27-26-19(3)39-41(24-15-7-6-8-16-24)31(26)40(5-2)32(43)28(27)38-29(42)21-12-9-13-22(17-21)33(34,35)36/h1,6-18,25,27-28,30,37H,5H2,2-3H3,(H,38,42)/t25?,27-,28+,30?/m0/s1. The third-order valence-electron chi connectivity index (χ3n) is 7.78. The van der Waals surface area contributed by atoms with Crippen molar-refractivity contribution >= 4 is 23.3 Å². The Morgan fingerprint density at radius 3 is 2.50 bits per heavy atom. The van der Waals surface area contributed by atoms with Gasteiger partial charge in [0, 0.05) is 29.3 Å². The molecule has 2 N–H and O–H groups in total. The lowest BCUT2D eigenvalue weighted by molar-refractivity contribution is -0.137. The molecule has 8 nitrogen and oxygen atoms in total. The van der Waals surface area contributed by atoms with E-state index in [0.29, 0.717) is 28.3 Å². The van der Waals surface area contributed by atoms with Gasteiger partial charge < -0.3 is 15.4 Å². The number of fused-ring (bicyclic) bond motifs is 1. The van der Waals surface area contributed by atoms with Gasteiger partial charge in [0.2, 0.25) is 0 Å². The predicted molar refractivity (Wildman–Crippen MR) is 158 cm³/mol. The number of alkyl halides is 3. The van der Waals surface area contributed by atoms with E-state index in [2.05, 4.69) is 16.6 Å². The summed E-state index contributed by atoms with van der Waals surface area (Å²) in [6.07, 6.45) is 0.122. The Hall–Kier alpha value is -5.08. The molecule has 4 aromatic rings. The third-order valence-corrected chi connectivity index (χ3v) is 7.78. The van der Waals surface area contributed by atoms with Crippen molar-refractivity contribution in [2.75, 3.05) is 16.8 Å². The van der Waals surface area contributed by atoms with Crippen LogP contribution < -0.4 is 15.5 Å². The number of carbonyl (C=O) groups is 2. The molecule has 1 fully saturated rings. The molecule has 6 rings (SSSR count). The van der Waals surface area contributed by atoms with Gasteiger partial charge in [-0.3, -0.25) is 14.5 Å². The first kappa shape index (κ1) is 29.0. The number of aromatic nitrogens is 2. The van der Waals surface area contributed by atoms with Crippen LogP contribution in [0.25, 0.3) is 5.69 Å². The lowest BCUT2D eigenvalue weighted by Crippen LogP contribution is -2.55. The van der Waals surface area contributed by atoms with Crippen molar-refractivity contribution in [2.45, 2.75) is 44.3 Å². The summed E-state index contributed by atoms with van der Waals surface area (Å²) in [5.74, 6) is 1.16. The molecule has 11 heteroatoms. The number of terminal acetylenes is 1. The second kappa shape index (κ2) is 11.2. The second-order valence-electron chi connectivity index (χ2n) is 10.6. The number of hydrogen-bond acceptors (Lipinski definition) is 5.